The quantitative estimate of drug-likeness (QED) is 0.499. The van der Waals surface area contributed by atoms with Crippen LogP contribution in [0.2, 0.25) is 0 Å². The Kier molecular flexibility index (Phi) is 5.43. The molecule has 0 radical (unpaired) electrons. The molecule has 18 heavy (non-hydrogen) atoms. The Hall–Kier alpha value is -2.31. The number of rotatable bonds is 4. The van der Waals surface area contributed by atoms with Crippen molar-refractivity contribution in [2.45, 2.75) is 13.5 Å². The van der Waals surface area contributed by atoms with E-state index in [0.717, 1.165) is 22.8 Å². The van der Waals surface area contributed by atoms with Crippen molar-refractivity contribution in [1.29, 1.82) is 0 Å². The van der Waals surface area contributed by atoms with E-state index in [9.17, 15) is 4.79 Å². The van der Waals surface area contributed by atoms with Crippen LogP contribution in [-0.2, 0) is 16.2 Å². The maximum absolute atomic E-state index is 10.9. The third kappa shape index (κ3) is 5.15. The first-order chi connectivity index (χ1) is 8.61. The highest BCUT2D eigenvalue weighted by Crippen LogP contribution is 2.05. The normalized spacial score (nSPS) is 8.94. The lowest BCUT2D eigenvalue weighted by molar-refractivity contribution is -0.129. The number of hydrogen-bond acceptors (Lipinski definition) is 2. The summed E-state index contributed by atoms with van der Waals surface area (Å²) in [5.74, 6) is 5.52. The zero-order chi connectivity index (χ0) is 13.4. The van der Waals surface area contributed by atoms with Crippen molar-refractivity contribution in [3.05, 3.63) is 60.2 Å². The molecule has 0 heterocycles. The number of nitrogens with one attached hydrogen (secondary N) is 1. The van der Waals surface area contributed by atoms with Crippen LogP contribution in [0.15, 0.2) is 49.1 Å². The number of hydrogen-bond donors (Lipinski definition) is 1. The van der Waals surface area contributed by atoms with Crippen molar-refractivity contribution >= 4 is 5.91 Å². The van der Waals surface area contributed by atoms with Crippen LogP contribution in [0.4, 0.5) is 0 Å². The van der Waals surface area contributed by atoms with Gasteiger partial charge in [0.2, 0.25) is 0 Å². The van der Waals surface area contributed by atoms with E-state index in [-0.39, 0.29) is 12.5 Å². The monoisotopic (exact) mass is 241 g/mol. The van der Waals surface area contributed by atoms with E-state index in [1.807, 2.05) is 31.2 Å². The van der Waals surface area contributed by atoms with Crippen molar-refractivity contribution in [3.8, 4) is 11.8 Å². The Morgan fingerprint density at radius 3 is 3.00 bits per heavy atom. The highest BCUT2D eigenvalue weighted by atomic mass is 16.6. The van der Waals surface area contributed by atoms with E-state index in [0.29, 0.717) is 0 Å². The molecule has 92 valence electrons. The topological polar surface area (TPSA) is 38.3 Å². The van der Waals surface area contributed by atoms with Gasteiger partial charge in [0.05, 0.1) is 6.61 Å². The van der Waals surface area contributed by atoms with Gasteiger partial charge in [0.25, 0.3) is 5.91 Å². The van der Waals surface area contributed by atoms with E-state index >= 15 is 0 Å². The first kappa shape index (κ1) is 13.8. The molecule has 0 spiro atoms. The molecule has 3 nitrogen and oxygen atoms in total. The first-order valence-electron chi connectivity index (χ1n) is 5.42. The molecule has 1 amide bonds. The maximum atomic E-state index is 10.9. The first-order valence-corrected chi connectivity index (χ1v) is 5.42. The van der Waals surface area contributed by atoms with E-state index in [1.165, 1.54) is 0 Å². The predicted octanol–water partition coefficient (Wildman–Crippen LogP) is 2.35. The predicted molar refractivity (Wildman–Crippen MR) is 71.3 cm³/mol. The number of carbonyl (C=O) groups excluding carboxylic acids is 1. The fourth-order valence-electron chi connectivity index (χ4n) is 1.15. The largest absolute Gasteiger partial charge is 0.269 e. The average Bonchev–Trinajstić information content (AvgIpc) is 2.36. The van der Waals surface area contributed by atoms with Crippen LogP contribution in [-0.4, -0.2) is 5.91 Å². The molecule has 0 aromatic heterocycles. The third-order valence-electron chi connectivity index (χ3n) is 1.94. The molecule has 1 N–H and O–H groups in total. The molecule has 0 fully saturated rings. The second-order valence-electron chi connectivity index (χ2n) is 3.69. The average molecular weight is 241 g/mol. The molecule has 0 saturated heterocycles. The lowest BCUT2D eigenvalue weighted by Crippen LogP contribution is -2.20. The lowest BCUT2D eigenvalue weighted by atomic mass is 10.1. The summed E-state index contributed by atoms with van der Waals surface area (Å²) < 4.78 is 0. The summed E-state index contributed by atoms with van der Waals surface area (Å²) in [6.45, 7) is 9.17. The summed E-state index contributed by atoms with van der Waals surface area (Å²) >= 11 is 0. The van der Waals surface area contributed by atoms with Gasteiger partial charge in [-0.05, 0) is 36.3 Å². The van der Waals surface area contributed by atoms with Crippen LogP contribution in [0.3, 0.4) is 0 Å². The summed E-state index contributed by atoms with van der Waals surface area (Å²) in [5, 5.41) is 0. The molecule has 3 heteroatoms. The molecule has 0 bridgehead atoms. The van der Waals surface area contributed by atoms with Crippen LogP contribution < -0.4 is 5.48 Å². The standard InChI is InChI=1S/C15H15NO2/c1-4-15(17)16-18-11-14-7-5-6-13(10-14)9-8-12(2)3/h4-7,10H,1-2,11H2,3H3,(H,16,17). The van der Waals surface area contributed by atoms with Gasteiger partial charge in [0.15, 0.2) is 0 Å². The second-order valence-corrected chi connectivity index (χ2v) is 3.69. The minimum absolute atomic E-state index is 0.280. The zero-order valence-corrected chi connectivity index (χ0v) is 10.3. The summed E-state index contributed by atoms with van der Waals surface area (Å²) in [6, 6.07) is 7.58. The Labute approximate surface area is 107 Å². The Balaban J connectivity index is 2.60. The fraction of sp³-hybridized carbons (Fsp3) is 0.133. The molecule has 1 rings (SSSR count). The van der Waals surface area contributed by atoms with Crippen LogP contribution in [0.5, 0.6) is 0 Å². The molecule has 1 aromatic rings. The SMILES string of the molecule is C=CC(=O)NOCc1cccc(C#CC(=C)C)c1. The van der Waals surface area contributed by atoms with E-state index < -0.39 is 0 Å². The molecule has 0 aliphatic rings. The van der Waals surface area contributed by atoms with Crippen molar-refractivity contribution in [2.24, 2.45) is 0 Å². The Morgan fingerprint density at radius 2 is 2.33 bits per heavy atom. The maximum Gasteiger partial charge on any atom is 0.266 e. The molecular formula is C15H15NO2. The van der Waals surface area contributed by atoms with Gasteiger partial charge >= 0.3 is 0 Å². The summed E-state index contributed by atoms with van der Waals surface area (Å²) in [6.07, 6.45) is 1.15. The number of benzene rings is 1. The van der Waals surface area contributed by atoms with Crippen molar-refractivity contribution in [2.75, 3.05) is 0 Å². The van der Waals surface area contributed by atoms with Gasteiger partial charge in [-0.3, -0.25) is 9.63 Å². The number of hydroxylamine groups is 1. The van der Waals surface area contributed by atoms with E-state index in [1.54, 1.807) is 0 Å². The van der Waals surface area contributed by atoms with Crippen molar-refractivity contribution in [3.63, 3.8) is 0 Å². The number of allylic oxidation sites excluding steroid dienone is 1. The summed E-state index contributed by atoms with van der Waals surface area (Å²) in [7, 11) is 0. The summed E-state index contributed by atoms with van der Waals surface area (Å²) in [5.41, 5.74) is 4.87. The zero-order valence-electron chi connectivity index (χ0n) is 10.3. The molecule has 0 atom stereocenters. The van der Waals surface area contributed by atoms with Gasteiger partial charge in [-0.15, -0.1) is 0 Å². The van der Waals surface area contributed by atoms with Gasteiger partial charge in [-0.1, -0.05) is 37.1 Å². The van der Waals surface area contributed by atoms with E-state index in [4.69, 9.17) is 4.84 Å². The Morgan fingerprint density at radius 1 is 1.56 bits per heavy atom. The highest BCUT2D eigenvalue weighted by molar-refractivity contribution is 5.85. The van der Waals surface area contributed by atoms with Gasteiger partial charge < -0.3 is 0 Å². The lowest BCUT2D eigenvalue weighted by Gasteiger charge is -2.03. The Bertz CT molecular complexity index is 521. The van der Waals surface area contributed by atoms with Gasteiger partial charge in [-0.2, -0.15) is 0 Å². The molecule has 0 aliphatic carbocycles. The van der Waals surface area contributed by atoms with Gasteiger partial charge in [-0.25, -0.2) is 5.48 Å². The number of amides is 1. The van der Waals surface area contributed by atoms with Crippen LogP contribution in [0.1, 0.15) is 18.1 Å². The smallest absolute Gasteiger partial charge is 0.266 e. The van der Waals surface area contributed by atoms with Gasteiger partial charge in [0, 0.05) is 5.56 Å². The fourth-order valence-corrected chi connectivity index (χ4v) is 1.15. The summed E-state index contributed by atoms with van der Waals surface area (Å²) in [4.78, 5) is 15.9. The molecule has 0 saturated carbocycles. The molecule has 0 aliphatic heterocycles. The van der Waals surface area contributed by atoms with Crippen molar-refractivity contribution in [1.82, 2.24) is 5.48 Å². The van der Waals surface area contributed by atoms with Crippen LogP contribution in [0.25, 0.3) is 0 Å². The van der Waals surface area contributed by atoms with Crippen LogP contribution in [0, 0.1) is 11.8 Å². The minimum Gasteiger partial charge on any atom is -0.269 e. The van der Waals surface area contributed by atoms with Crippen molar-refractivity contribution < 1.29 is 9.63 Å². The number of carbonyl (C=O) groups is 1. The minimum atomic E-state index is -0.367. The molecule has 0 unspecified atom stereocenters. The second kappa shape index (κ2) is 7.10. The van der Waals surface area contributed by atoms with Gasteiger partial charge in [0.1, 0.15) is 0 Å². The third-order valence-corrected chi connectivity index (χ3v) is 1.94. The van der Waals surface area contributed by atoms with E-state index in [2.05, 4.69) is 30.5 Å². The molecular weight excluding hydrogens is 226 g/mol. The van der Waals surface area contributed by atoms with Crippen LogP contribution >= 0.6 is 0 Å². The molecule has 1 aromatic carbocycles. The highest BCUT2D eigenvalue weighted by Gasteiger charge is 1.96.